The van der Waals surface area contributed by atoms with Crippen LogP contribution in [0, 0.1) is 0 Å². The molecule has 3 unspecified atom stereocenters. The average molecular weight is 326 g/mol. The van der Waals surface area contributed by atoms with Crippen LogP contribution in [0.15, 0.2) is 42.7 Å². The molecule has 0 saturated heterocycles. The Balaban J connectivity index is 2.34. The molecular formula is C15H17Cl2N3O. The predicted molar refractivity (Wildman–Crippen MR) is 84.7 cm³/mol. The Bertz CT molecular complexity index is 599. The largest absolute Gasteiger partial charge is 0.350 e. The number of amides is 1. The number of nitrogens with one attached hydrogen (secondary N) is 1. The van der Waals surface area contributed by atoms with Crippen molar-refractivity contribution >= 4 is 29.1 Å². The molecule has 1 amide bonds. The van der Waals surface area contributed by atoms with Crippen molar-refractivity contribution in [3.8, 4) is 0 Å². The lowest BCUT2D eigenvalue weighted by Gasteiger charge is -2.27. The van der Waals surface area contributed by atoms with Gasteiger partial charge in [-0.15, -0.1) is 11.6 Å². The minimum Gasteiger partial charge on any atom is -0.350 e. The third-order valence-electron chi connectivity index (χ3n) is 3.24. The van der Waals surface area contributed by atoms with Gasteiger partial charge in [0.25, 0.3) is 0 Å². The molecule has 0 aliphatic carbocycles. The minimum atomic E-state index is -0.586. The zero-order valence-electron chi connectivity index (χ0n) is 11.8. The third-order valence-corrected chi connectivity index (χ3v) is 3.78. The first kappa shape index (κ1) is 15.9. The Morgan fingerprint density at radius 1 is 1.29 bits per heavy atom. The van der Waals surface area contributed by atoms with Gasteiger partial charge >= 0.3 is 0 Å². The van der Waals surface area contributed by atoms with Crippen LogP contribution in [0.5, 0.6) is 0 Å². The molecule has 0 fully saturated rings. The second kappa shape index (κ2) is 6.96. The van der Waals surface area contributed by atoms with Crippen LogP contribution in [0.1, 0.15) is 25.5 Å². The highest BCUT2D eigenvalue weighted by molar-refractivity contribution is 6.31. The Morgan fingerprint density at radius 2 is 2.00 bits per heavy atom. The van der Waals surface area contributed by atoms with E-state index in [1.807, 2.05) is 43.5 Å². The van der Waals surface area contributed by atoms with Crippen molar-refractivity contribution in [2.24, 2.45) is 0 Å². The summed E-state index contributed by atoms with van der Waals surface area (Å²) in [4.78, 5) is 11.8. The molecule has 0 aliphatic rings. The Morgan fingerprint density at radius 3 is 2.57 bits per heavy atom. The molecule has 2 aromatic rings. The number of carbonyl (C=O) groups excluding carboxylic acids is 1. The molecule has 0 saturated carbocycles. The molecule has 4 nitrogen and oxygen atoms in total. The van der Waals surface area contributed by atoms with Gasteiger partial charge in [0, 0.05) is 17.4 Å². The van der Waals surface area contributed by atoms with Gasteiger partial charge < -0.3 is 5.32 Å². The predicted octanol–water partition coefficient (Wildman–Crippen LogP) is 3.26. The second-order valence-corrected chi connectivity index (χ2v) is 5.93. The lowest BCUT2D eigenvalue weighted by atomic mass is 10.0. The summed E-state index contributed by atoms with van der Waals surface area (Å²) in [6.45, 7) is 3.55. The molecule has 1 heterocycles. The van der Waals surface area contributed by atoms with E-state index in [2.05, 4.69) is 10.4 Å². The molecule has 0 bridgehead atoms. The van der Waals surface area contributed by atoms with E-state index in [-0.39, 0.29) is 18.0 Å². The van der Waals surface area contributed by atoms with Gasteiger partial charge in [-0.3, -0.25) is 9.48 Å². The van der Waals surface area contributed by atoms with Gasteiger partial charge in [-0.05, 0) is 31.5 Å². The summed E-state index contributed by atoms with van der Waals surface area (Å²) in [5, 5.41) is 7.23. The van der Waals surface area contributed by atoms with Gasteiger partial charge in [-0.1, -0.05) is 29.8 Å². The van der Waals surface area contributed by atoms with Crippen LogP contribution >= 0.6 is 23.2 Å². The van der Waals surface area contributed by atoms with E-state index in [0.29, 0.717) is 5.02 Å². The van der Waals surface area contributed by atoms with E-state index >= 15 is 0 Å². The van der Waals surface area contributed by atoms with Crippen LogP contribution < -0.4 is 5.32 Å². The fraction of sp³-hybridized carbons (Fsp3) is 0.333. The molecule has 21 heavy (non-hydrogen) atoms. The smallest absolute Gasteiger partial charge is 0.238 e. The molecule has 1 aromatic carbocycles. The molecule has 6 heteroatoms. The van der Waals surface area contributed by atoms with Crippen molar-refractivity contribution in [2.45, 2.75) is 31.3 Å². The monoisotopic (exact) mass is 325 g/mol. The zero-order chi connectivity index (χ0) is 15.4. The number of halogens is 2. The highest BCUT2D eigenvalue weighted by Gasteiger charge is 2.26. The van der Waals surface area contributed by atoms with E-state index < -0.39 is 5.38 Å². The quantitative estimate of drug-likeness (QED) is 0.858. The van der Waals surface area contributed by atoms with E-state index in [1.165, 1.54) is 0 Å². The number of alkyl halides is 1. The maximum Gasteiger partial charge on any atom is 0.238 e. The summed E-state index contributed by atoms with van der Waals surface area (Å²) < 4.78 is 1.78. The van der Waals surface area contributed by atoms with Crippen molar-refractivity contribution in [1.82, 2.24) is 15.1 Å². The number of nitrogens with zero attached hydrogens (tertiary/aromatic N) is 2. The molecule has 0 spiro atoms. The van der Waals surface area contributed by atoms with Gasteiger partial charge in [0.1, 0.15) is 5.38 Å². The fourth-order valence-electron chi connectivity index (χ4n) is 2.22. The third kappa shape index (κ3) is 3.77. The molecule has 1 N–H and O–H groups in total. The normalized spacial score (nSPS) is 15.2. The SMILES string of the molecule is CC(Cl)C(=O)NC(C)C(c1ccccc1Cl)n1cccn1. The van der Waals surface area contributed by atoms with Crippen LogP contribution in [0.4, 0.5) is 0 Å². The van der Waals surface area contributed by atoms with Gasteiger partial charge in [0.15, 0.2) is 0 Å². The fourth-order valence-corrected chi connectivity index (χ4v) is 2.53. The van der Waals surface area contributed by atoms with Gasteiger partial charge in [0.2, 0.25) is 5.91 Å². The summed E-state index contributed by atoms with van der Waals surface area (Å²) in [5.41, 5.74) is 0.901. The topological polar surface area (TPSA) is 46.9 Å². The second-order valence-electron chi connectivity index (χ2n) is 4.87. The van der Waals surface area contributed by atoms with Crippen molar-refractivity contribution in [2.75, 3.05) is 0 Å². The molecule has 0 radical (unpaired) electrons. The minimum absolute atomic E-state index is 0.201. The summed E-state index contributed by atoms with van der Waals surface area (Å²) in [5.74, 6) is -0.214. The number of rotatable bonds is 5. The molecule has 0 aliphatic heterocycles. The summed E-state index contributed by atoms with van der Waals surface area (Å²) in [7, 11) is 0. The highest BCUT2D eigenvalue weighted by Crippen LogP contribution is 2.28. The van der Waals surface area contributed by atoms with E-state index in [4.69, 9.17) is 23.2 Å². The summed E-state index contributed by atoms with van der Waals surface area (Å²) in [6, 6.07) is 8.97. The lowest BCUT2D eigenvalue weighted by molar-refractivity contribution is -0.121. The van der Waals surface area contributed by atoms with Crippen LogP contribution in [-0.2, 0) is 4.79 Å². The first-order chi connectivity index (χ1) is 10.0. The summed E-state index contributed by atoms with van der Waals surface area (Å²) in [6.07, 6.45) is 3.54. The maximum atomic E-state index is 11.8. The van der Waals surface area contributed by atoms with Crippen LogP contribution in [-0.4, -0.2) is 27.1 Å². The first-order valence-electron chi connectivity index (χ1n) is 6.68. The van der Waals surface area contributed by atoms with Crippen molar-refractivity contribution in [3.63, 3.8) is 0 Å². The number of carbonyl (C=O) groups is 1. The summed E-state index contributed by atoms with van der Waals surface area (Å²) >= 11 is 12.1. The van der Waals surface area contributed by atoms with Crippen LogP contribution in [0.3, 0.4) is 0 Å². The molecular weight excluding hydrogens is 309 g/mol. The van der Waals surface area contributed by atoms with E-state index in [0.717, 1.165) is 5.56 Å². The number of hydrogen-bond donors (Lipinski definition) is 1. The van der Waals surface area contributed by atoms with Gasteiger partial charge in [-0.2, -0.15) is 5.10 Å². The van der Waals surface area contributed by atoms with Gasteiger partial charge in [-0.25, -0.2) is 0 Å². The van der Waals surface area contributed by atoms with Crippen LogP contribution in [0.2, 0.25) is 5.02 Å². The van der Waals surface area contributed by atoms with Crippen LogP contribution in [0.25, 0.3) is 0 Å². The van der Waals surface area contributed by atoms with Crippen molar-refractivity contribution in [3.05, 3.63) is 53.3 Å². The lowest BCUT2D eigenvalue weighted by Crippen LogP contribution is -2.42. The first-order valence-corrected chi connectivity index (χ1v) is 7.50. The van der Waals surface area contributed by atoms with Gasteiger partial charge in [0.05, 0.1) is 12.1 Å². The zero-order valence-corrected chi connectivity index (χ0v) is 13.3. The average Bonchev–Trinajstić information content (AvgIpc) is 2.95. The highest BCUT2D eigenvalue weighted by atomic mass is 35.5. The van der Waals surface area contributed by atoms with E-state index in [9.17, 15) is 4.79 Å². The Hall–Kier alpha value is -1.52. The molecule has 3 atom stereocenters. The Labute approximate surface area is 134 Å². The maximum absolute atomic E-state index is 11.8. The number of hydrogen-bond acceptors (Lipinski definition) is 2. The molecule has 2 rings (SSSR count). The standard InChI is InChI=1S/C15H17Cl2N3O/c1-10(16)15(21)19-11(2)14(20-9-5-8-18-20)12-6-3-4-7-13(12)17/h3-11,14H,1-2H3,(H,19,21). The number of benzene rings is 1. The molecule has 1 aromatic heterocycles. The molecule has 112 valence electrons. The van der Waals surface area contributed by atoms with Crippen molar-refractivity contribution < 1.29 is 4.79 Å². The van der Waals surface area contributed by atoms with E-state index in [1.54, 1.807) is 17.8 Å². The number of aromatic nitrogens is 2. The van der Waals surface area contributed by atoms with Crippen molar-refractivity contribution in [1.29, 1.82) is 0 Å². The Kier molecular flexibility index (Phi) is 5.26.